The maximum Gasteiger partial charge on any atom is 0.175 e. The summed E-state index contributed by atoms with van der Waals surface area (Å²) in [5.41, 5.74) is 5.94. The van der Waals surface area contributed by atoms with Gasteiger partial charge in [0.25, 0.3) is 0 Å². The number of amidine groups is 1. The summed E-state index contributed by atoms with van der Waals surface area (Å²) in [6.07, 6.45) is 0. The van der Waals surface area contributed by atoms with Crippen LogP contribution >= 0.6 is 0 Å². The molecule has 1 N–H and O–H groups in total. The van der Waals surface area contributed by atoms with Gasteiger partial charge in [-0.3, -0.25) is 0 Å². The lowest BCUT2D eigenvalue weighted by Gasteiger charge is -2.21. The Bertz CT molecular complexity index is 671. The molecule has 2 rings (SSSR count). The average Bonchev–Trinajstić information content (AvgIpc) is 2.53. The Kier molecular flexibility index (Phi) is 6.19. The summed E-state index contributed by atoms with van der Waals surface area (Å²) in [4.78, 5) is 0. The van der Waals surface area contributed by atoms with Gasteiger partial charge in [-0.15, -0.1) is 0 Å². The first-order valence-electron chi connectivity index (χ1n) is 8.85. The molecule has 4 heteroatoms. The van der Waals surface area contributed by atoms with E-state index in [1.54, 1.807) is 0 Å². The van der Waals surface area contributed by atoms with E-state index >= 15 is 0 Å². The molecule has 0 aliphatic rings. The Morgan fingerprint density at radius 3 is 1.68 bits per heavy atom. The highest BCUT2D eigenvalue weighted by Gasteiger charge is 2.18. The van der Waals surface area contributed by atoms with Gasteiger partial charge in [-0.1, -0.05) is 86.0 Å². The fourth-order valence-corrected chi connectivity index (χ4v) is 4.43. The van der Waals surface area contributed by atoms with E-state index in [4.69, 9.17) is 4.66 Å². The molecule has 0 radical (unpaired) electrons. The van der Waals surface area contributed by atoms with Crippen LogP contribution in [-0.2, 0) is 0 Å². The predicted octanol–water partition coefficient (Wildman–Crippen LogP) is 5.78. The van der Waals surface area contributed by atoms with Crippen LogP contribution in [0.2, 0.25) is 39.3 Å². The van der Waals surface area contributed by atoms with Crippen LogP contribution in [0.5, 0.6) is 0 Å². The summed E-state index contributed by atoms with van der Waals surface area (Å²) < 4.78 is 5.09. The molecule has 0 aliphatic carbocycles. The summed E-state index contributed by atoms with van der Waals surface area (Å²) in [6, 6.07) is 21.0. The van der Waals surface area contributed by atoms with Gasteiger partial charge < -0.3 is 9.97 Å². The molecular formula is C21H30N2Si2. The monoisotopic (exact) mass is 366 g/mol. The van der Waals surface area contributed by atoms with Gasteiger partial charge in [0.2, 0.25) is 0 Å². The molecule has 132 valence electrons. The second kappa shape index (κ2) is 7.98. The highest BCUT2D eigenvalue weighted by molar-refractivity contribution is 6.81. The summed E-state index contributed by atoms with van der Waals surface area (Å²) in [5.74, 6) is 0.980. The van der Waals surface area contributed by atoms with Crippen LogP contribution in [0, 0.1) is 0 Å². The molecule has 0 fully saturated rings. The van der Waals surface area contributed by atoms with Crippen LogP contribution < -0.4 is 5.32 Å². The van der Waals surface area contributed by atoms with Gasteiger partial charge >= 0.3 is 0 Å². The van der Waals surface area contributed by atoms with E-state index in [9.17, 15) is 0 Å². The quantitative estimate of drug-likeness (QED) is 0.405. The standard InChI is InChI=1S/C21H30N2Si2/c1-24(2,3)17-20(18-13-9-7-10-14-18)22-21(23-25(4,5)6)19-15-11-8-12-16-19/h7-17H,1-6H3,(H,22,23)/b20-17+. The third kappa shape index (κ3) is 6.84. The van der Waals surface area contributed by atoms with Gasteiger partial charge in [0, 0.05) is 11.3 Å². The zero-order valence-corrected chi connectivity index (χ0v) is 18.3. The minimum absolute atomic E-state index is 0.980. The summed E-state index contributed by atoms with van der Waals surface area (Å²) in [7, 11) is -3.02. The van der Waals surface area contributed by atoms with Crippen LogP contribution in [-0.4, -0.2) is 22.1 Å². The number of hydrogen-bond donors (Lipinski definition) is 1. The van der Waals surface area contributed by atoms with E-state index in [0.29, 0.717) is 0 Å². The van der Waals surface area contributed by atoms with E-state index in [0.717, 1.165) is 11.4 Å². The number of rotatable bonds is 5. The van der Waals surface area contributed by atoms with Crippen LogP contribution in [0.1, 0.15) is 11.1 Å². The zero-order chi connectivity index (χ0) is 18.5. The average molecular weight is 367 g/mol. The van der Waals surface area contributed by atoms with E-state index in [1.165, 1.54) is 11.3 Å². The van der Waals surface area contributed by atoms with Crippen LogP contribution in [0.25, 0.3) is 5.70 Å². The highest BCUT2D eigenvalue weighted by atomic mass is 28.3. The van der Waals surface area contributed by atoms with E-state index in [2.05, 4.69) is 105 Å². The van der Waals surface area contributed by atoms with Crippen molar-refractivity contribution in [3.05, 3.63) is 77.5 Å². The smallest absolute Gasteiger partial charge is 0.175 e. The second-order valence-corrected chi connectivity index (χ2v) is 18.0. The van der Waals surface area contributed by atoms with Crippen molar-refractivity contribution in [3.8, 4) is 0 Å². The van der Waals surface area contributed by atoms with Crippen LogP contribution in [0.15, 0.2) is 71.0 Å². The third-order valence-electron chi connectivity index (χ3n) is 3.41. The zero-order valence-electron chi connectivity index (χ0n) is 16.3. The largest absolute Gasteiger partial charge is 0.341 e. The maximum atomic E-state index is 5.09. The Hall–Kier alpha value is -1.92. The first-order valence-corrected chi connectivity index (χ1v) is 15.9. The fourth-order valence-electron chi connectivity index (χ4n) is 2.47. The second-order valence-electron chi connectivity index (χ2n) is 8.41. The summed E-state index contributed by atoms with van der Waals surface area (Å²) in [5, 5.41) is 3.68. The molecule has 0 amide bonds. The third-order valence-corrected chi connectivity index (χ3v) is 5.46. The van der Waals surface area contributed by atoms with Gasteiger partial charge in [-0.05, 0) is 25.2 Å². The minimum Gasteiger partial charge on any atom is -0.341 e. The van der Waals surface area contributed by atoms with Gasteiger partial charge in [0.1, 0.15) is 5.84 Å². The minimum atomic E-state index is -1.62. The van der Waals surface area contributed by atoms with Gasteiger partial charge in [0.05, 0.1) is 8.07 Å². The van der Waals surface area contributed by atoms with E-state index in [-0.39, 0.29) is 0 Å². The first kappa shape index (κ1) is 19.4. The lowest BCUT2D eigenvalue weighted by atomic mass is 10.1. The number of nitrogens with zero attached hydrogens (tertiary/aromatic N) is 1. The van der Waals surface area contributed by atoms with Gasteiger partial charge in [0.15, 0.2) is 8.24 Å². The molecule has 0 saturated heterocycles. The molecular weight excluding hydrogens is 336 g/mol. The molecule has 0 aliphatic heterocycles. The predicted molar refractivity (Wildman–Crippen MR) is 117 cm³/mol. The van der Waals surface area contributed by atoms with E-state index < -0.39 is 16.3 Å². The Morgan fingerprint density at radius 1 is 0.760 bits per heavy atom. The highest BCUT2D eigenvalue weighted by Crippen LogP contribution is 2.18. The first-order chi connectivity index (χ1) is 11.6. The van der Waals surface area contributed by atoms with E-state index in [1.807, 2.05) is 6.07 Å². The molecule has 0 bridgehead atoms. The Labute approximate surface area is 154 Å². The lowest BCUT2D eigenvalue weighted by molar-refractivity contribution is 1.27. The van der Waals surface area contributed by atoms with Crippen LogP contribution in [0.4, 0.5) is 0 Å². The summed E-state index contributed by atoms with van der Waals surface area (Å²) in [6.45, 7) is 13.9. The topological polar surface area (TPSA) is 24.4 Å². The molecule has 2 nitrogen and oxygen atoms in total. The number of hydrogen-bond acceptors (Lipinski definition) is 1. The summed E-state index contributed by atoms with van der Waals surface area (Å²) >= 11 is 0. The van der Waals surface area contributed by atoms with Gasteiger partial charge in [-0.2, -0.15) is 0 Å². The molecule has 0 spiro atoms. The van der Waals surface area contributed by atoms with Crippen molar-refractivity contribution in [3.63, 3.8) is 0 Å². The van der Waals surface area contributed by atoms with Crippen LogP contribution in [0.3, 0.4) is 0 Å². The molecule has 0 aromatic heterocycles. The molecule has 0 unspecified atom stereocenters. The van der Waals surface area contributed by atoms with Crippen molar-refractivity contribution in [2.24, 2.45) is 4.66 Å². The maximum absolute atomic E-state index is 5.09. The number of nitrogens with one attached hydrogen (secondary N) is 1. The van der Waals surface area contributed by atoms with Crippen molar-refractivity contribution >= 4 is 27.8 Å². The Balaban J connectivity index is 2.50. The molecule has 0 saturated carbocycles. The van der Waals surface area contributed by atoms with Crippen molar-refractivity contribution in [2.75, 3.05) is 0 Å². The van der Waals surface area contributed by atoms with Crippen molar-refractivity contribution in [1.82, 2.24) is 5.32 Å². The molecule has 0 atom stereocenters. The normalized spacial score (nSPS) is 13.7. The van der Waals surface area contributed by atoms with Crippen molar-refractivity contribution in [1.29, 1.82) is 0 Å². The number of benzene rings is 2. The molecule has 2 aromatic carbocycles. The van der Waals surface area contributed by atoms with Crippen molar-refractivity contribution in [2.45, 2.75) is 39.3 Å². The molecule has 2 aromatic rings. The SMILES string of the molecule is C[Si](C)(C)/C=C(/NC(=N[Si](C)(C)C)c1ccccc1)c1ccccc1. The lowest BCUT2D eigenvalue weighted by Crippen LogP contribution is -2.31. The molecule has 0 heterocycles. The molecule has 25 heavy (non-hydrogen) atoms. The van der Waals surface area contributed by atoms with Crippen molar-refractivity contribution < 1.29 is 0 Å². The Morgan fingerprint density at radius 2 is 1.24 bits per heavy atom. The van der Waals surface area contributed by atoms with Gasteiger partial charge in [-0.25, -0.2) is 0 Å². The fraction of sp³-hybridized carbons (Fsp3) is 0.286.